The van der Waals surface area contributed by atoms with Crippen molar-refractivity contribution in [2.75, 3.05) is 5.73 Å². The van der Waals surface area contributed by atoms with Crippen LogP contribution in [0.2, 0.25) is 0 Å². The summed E-state index contributed by atoms with van der Waals surface area (Å²) in [6.07, 6.45) is 1.86. The van der Waals surface area contributed by atoms with Crippen molar-refractivity contribution in [3.05, 3.63) is 35.5 Å². The van der Waals surface area contributed by atoms with Gasteiger partial charge in [-0.1, -0.05) is 18.2 Å². The molecule has 0 aromatic heterocycles. The molecule has 0 unspecified atom stereocenters. The van der Waals surface area contributed by atoms with Gasteiger partial charge in [0, 0.05) is 11.4 Å². The molecule has 0 fully saturated rings. The highest BCUT2D eigenvalue weighted by Gasteiger charge is 1.91. The van der Waals surface area contributed by atoms with Crippen molar-refractivity contribution in [1.29, 1.82) is 0 Å². The first-order chi connectivity index (χ1) is 5.20. The summed E-state index contributed by atoms with van der Waals surface area (Å²) in [6, 6.07) is 7.63. The molecule has 0 bridgehead atoms. The van der Waals surface area contributed by atoms with Gasteiger partial charge in [-0.3, -0.25) is 0 Å². The Morgan fingerprint density at radius 2 is 2.00 bits per heavy atom. The minimum atomic E-state index is 0.761. The predicted octanol–water partition coefficient (Wildman–Crippen LogP) is 1.59. The SMILES string of the molecule is CC(N)=Cc1ccccc1N. The van der Waals surface area contributed by atoms with Crippen LogP contribution >= 0.6 is 0 Å². The molecule has 0 heterocycles. The monoisotopic (exact) mass is 148 g/mol. The zero-order chi connectivity index (χ0) is 8.27. The van der Waals surface area contributed by atoms with Gasteiger partial charge in [0.1, 0.15) is 0 Å². The van der Waals surface area contributed by atoms with E-state index in [2.05, 4.69) is 0 Å². The summed E-state index contributed by atoms with van der Waals surface area (Å²) >= 11 is 0. The van der Waals surface area contributed by atoms with Gasteiger partial charge >= 0.3 is 0 Å². The summed E-state index contributed by atoms with van der Waals surface area (Å²) in [6.45, 7) is 1.84. The highest BCUT2D eigenvalue weighted by atomic mass is 14.6. The standard InChI is InChI=1S/C9H12N2/c1-7(10)6-8-4-2-3-5-9(8)11/h2-6H,10-11H2,1H3. The average Bonchev–Trinajstić information content (AvgIpc) is 1.93. The van der Waals surface area contributed by atoms with E-state index in [0.29, 0.717) is 0 Å². The van der Waals surface area contributed by atoms with Crippen LogP contribution in [0.1, 0.15) is 12.5 Å². The second kappa shape index (κ2) is 3.10. The molecular formula is C9H12N2. The van der Waals surface area contributed by atoms with Crippen LogP contribution in [0.3, 0.4) is 0 Å². The minimum Gasteiger partial charge on any atom is -0.402 e. The molecule has 58 valence electrons. The number of rotatable bonds is 1. The smallest absolute Gasteiger partial charge is 0.0388 e. The van der Waals surface area contributed by atoms with Gasteiger partial charge < -0.3 is 11.5 Å². The molecule has 0 aliphatic carbocycles. The summed E-state index contributed by atoms with van der Waals surface area (Å²) in [5.41, 5.74) is 13.7. The van der Waals surface area contributed by atoms with Crippen molar-refractivity contribution >= 4 is 11.8 Å². The van der Waals surface area contributed by atoms with Gasteiger partial charge in [0.2, 0.25) is 0 Å². The minimum absolute atomic E-state index is 0.761. The van der Waals surface area contributed by atoms with Crippen LogP contribution < -0.4 is 11.5 Å². The number of anilines is 1. The van der Waals surface area contributed by atoms with E-state index in [-0.39, 0.29) is 0 Å². The number of nitrogen functional groups attached to an aromatic ring is 1. The lowest BCUT2D eigenvalue weighted by molar-refractivity contribution is 1.34. The molecule has 0 saturated carbocycles. The third-order valence-electron chi connectivity index (χ3n) is 1.38. The van der Waals surface area contributed by atoms with Crippen LogP contribution in [0.5, 0.6) is 0 Å². The molecule has 11 heavy (non-hydrogen) atoms. The molecule has 0 aliphatic heterocycles. The second-order valence-corrected chi connectivity index (χ2v) is 2.52. The van der Waals surface area contributed by atoms with Gasteiger partial charge in [-0.15, -0.1) is 0 Å². The Morgan fingerprint density at radius 1 is 1.36 bits per heavy atom. The van der Waals surface area contributed by atoms with Crippen LogP contribution in [-0.4, -0.2) is 0 Å². The first-order valence-corrected chi connectivity index (χ1v) is 3.48. The highest BCUT2D eigenvalue weighted by molar-refractivity contribution is 5.65. The Labute approximate surface area is 66.5 Å². The van der Waals surface area contributed by atoms with Crippen molar-refractivity contribution in [2.24, 2.45) is 5.73 Å². The molecule has 1 aromatic carbocycles. The van der Waals surface area contributed by atoms with Gasteiger partial charge in [0.05, 0.1) is 0 Å². The fourth-order valence-corrected chi connectivity index (χ4v) is 0.888. The van der Waals surface area contributed by atoms with Crippen molar-refractivity contribution in [1.82, 2.24) is 0 Å². The fraction of sp³-hybridized carbons (Fsp3) is 0.111. The maximum Gasteiger partial charge on any atom is 0.0388 e. The first-order valence-electron chi connectivity index (χ1n) is 3.48. The van der Waals surface area contributed by atoms with E-state index in [1.165, 1.54) is 0 Å². The Bertz CT molecular complexity index is 273. The van der Waals surface area contributed by atoms with E-state index in [9.17, 15) is 0 Å². The normalized spacial score (nSPS) is 11.5. The van der Waals surface area contributed by atoms with Crippen molar-refractivity contribution in [3.8, 4) is 0 Å². The number of hydrogen-bond acceptors (Lipinski definition) is 2. The zero-order valence-electron chi connectivity index (χ0n) is 6.54. The number of nitrogens with two attached hydrogens (primary N) is 2. The zero-order valence-corrected chi connectivity index (χ0v) is 6.54. The van der Waals surface area contributed by atoms with Gasteiger partial charge in [0.25, 0.3) is 0 Å². The number of para-hydroxylation sites is 1. The van der Waals surface area contributed by atoms with Crippen molar-refractivity contribution < 1.29 is 0 Å². The Balaban J connectivity index is 3.04. The lowest BCUT2D eigenvalue weighted by Gasteiger charge is -1.98. The molecule has 1 aromatic rings. The van der Waals surface area contributed by atoms with Gasteiger partial charge in [-0.2, -0.15) is 0 Å². The molecule has 0 saturated heterocycles. The summed E-state index contributed by atoms with van der Waals surface area (Å²) in [7, 11) is 0. The molecule has 1 rings (SSSR count). The third-order valence-corrected chi connectivity index (χ3v) is 1.38. The number of benzene rings is 1. The lowest BCUT2D eigenvalue weighted by atomic mass is 10.1. The summed E-state index contributed by atoms with van der Waals surface area (Å²) < 4.78 is 0. The summed E-state index contributed by atoms with van der Waals surface area (Å²) in [5.74, 6) is 0. The van der Waals surface area contributed by atoms with Gasteiger partial charge in [-0.25, -0.2) is 0 Å². The van der Waals surface area contributed by atoms with Crippen LogP contribution in [0, 0.1) is 0 Å². The second-order valence-electron chi connectivity index (χ2n) is 2.52. The van der Waals surface area contributed by atoms with Crippen LogP contribution in [0.25, 0.3) is 6.08 Å². The summed E-state index contributed by atoms with van der Waals surface area (Å²) in [4.78, 5) is 0. The topological polar surface area (TPSA) is 52.0 Å². The maximum absolute atomic E-state index is 5.67. The van der Waals surface area contributed by atoms with E-state index in [0.717, 1.165) is 16.9 Å². The van der Waals surface area contributed by atoms with Crippen molar-refractivity contribution in [3.63, 3.8) is 0 Å². The number of hydrogen-bond donors (Lipinski definition) is 2. The molecule has 0 spiro atoms. The molecule has 0 radical (unpaired) electrons. The summed E-state index contributed by atoms with van der Waals surface area (Å²) in [5, 5.41) is 0. The van der Waals surface area contributed by atoms with E-state index < -0.39 is 0 Å². The van der Waals surface area contributed by atoms with E-state index in [1.807, 2.05) is 37.3 Å². The van der Waals surface area contributed by atoms with E-state index in [1.54, 1.807) is 0 Å². The molecule has 0 aliphatic rings. The highest BCUT2D eigenvalue weighted by Crippen LogP contribution is 2.12. The average molecular weight is 148 g/mol. The quantitative estimate of drug-likeness (QED) is 0.594. The molecule has 2 heteroatoms. The van der Waals surface area contributed by atoms with Crippen LogP contribution in [0.15, 0.2) is 30.0 Å². The predicted molar refractivity (Wildman–Crippen MR) is 48.7 cm³/mol. The van der Waals surface area contributed by atoms with Gasteiger partial charge in [-0.05, 0) is 24.6 Å². The molecule has 2 nitrogen and oxygen atoms in total. The van der Waals surface area contributed by atoms with Crippen LogP contribution in [-0.2, 0) is 0 Å². The largest absolute Gasteiger partial charge is 0.402 e. The Morgan fingerprint density at radius 3 is 2.55 bits per heavy atom. The maximum atomic E-state index is 5.67. The molecule has 0 amide bonds. The number of allylic oxidation sites excluding steroid dienone is 1. The molecular weight excluding hydrogens is 136 g/mol. The van der Waals surface area contributed by atoms with E-state index >= 15 is 0 Å². The first kappa shape index (κ1) is 7.66. The Hall–Kier alpha value is -1.44. The van der Waals surface area contributed by atoms with Gasteiger partial charge in [0.15, 0.2) is 0 Å². The van der Waals surface area contributed by atoms with Crippen LogP contribution in [0.4, 0.5) is 5.69 Å². The molecule has 4 N–H and O–H groups in total. The Kier molecular flexibility index (Phi) is 2.16. The van der Waals surface area contributed by atoms with E-state index in [4.69, 9.17) is 11.5 Å². The third kappa shape index (κ3) is 2.00. The fourth-order valence-electron chi connectivity index (χ4n) is 0.888. The lowest BCUT2D eigenvalue weighted by Crippen LogP contribution is -1.92. The molecule has 0 atom stereocenters. The van der Waals surface area contributed by atoms with Crippen molar-refractivity contribution in [2.45, 2.75) is 6.92 Å².